The van der Waals surface area contributed by atoms with Gasteiger partial charge >= 0.3 is 12.4 Å². The van der Waals surface area contributed by atoms with Gasteiger partial charge < -0.3 is 15.5 Å². The summed E-state index contributed by atoms with van der Waals surface area (Å²) in [6, 6.07) is 3.31. The Kier molecular flexibility index (Phi) is 10.4. The number of hydrogen-bond donors (Lipinski definition) is 2. The Morgan fingerprint density at radius 3 is 2.24 bits per heavy atom. The fraction of sp³-hybridized carbons (Fsp3) is 0.370. The average molecular weight is 624 g/mol. The molecule has 0 aromatic heterocycles. The minimum absolute atomic E-state index is 0.0298. The van der Waals surface area contributed by atoms with Crippen molar-refractivity contribution in [1.82, 2.24) is 15.5 Å². The van der Waals surface area contributed by atoms with Crippen LogP contribution in [-0.2, 0) is 28.4 Å². The topological polar surface area (TPSA) is 78.5 Å². The lowest BCUT2D eigenvalue weighted by Crippen LogP contribution is -2.45. The first-order valence-corrected chi connectivity index (χ1v) is 13.1. The number of carbonyl (C=O) groups excluding carboxylic acids is 3. The molecular formula is C27H25Cl2F6N3O3. The molecule has 41 heavy (non-hydrogen) atoms. The third-order valence-corrected chi connectivity index (χ3v) is 7.14. The Hall–Kier alpha value is -3.25. The molecule has 2 atom stereocenters. The van der Waals surface area contributed by atoms with Crippen molar-refractivity contribution >= 4 is 40.9 Å². The van der Waals surface area contributed by atoms with Crippen molar-refractivity contribution in [3.8, 4) is 0 Å². The van der Waals surface area contributed by atoms with E-state index in [2.05, 4.69) is 10.6 Å². The van der Waals surface area contributed by atoms with Gasteiger partial charge in [-0.05, 0) is 61.6 Å². The first-order valence-electron chi connectivity index (χ1n) is 12.3. The summed E-state index contributed by atoms with van der Waals surface area (Å²) in [4.78, 5) is 39.0. The highest BCUT2D eigenvalue weighted by Crippen LogP contribution is 2.36. The highest BCUT2D eigenvalue weighted by atomic mass is 35.5. The van der Waals surface area contributed by atoms with E-state index in [0.717, 1.165) is 17.4 Å². The molecule has 1 fully saturated rings. The molecule has 2 unspecified atom stereocenters. The van der Waals surface area contributed by atoms with Gasteiger partial charge in [0.05, 0.1) is 27.2 Å². The van der Waals surface area contributed by atoms with Crippen molar-refractivity contribution < 1.29 is 40.7 Å². The lowest BCUT2D eigenvalue weighted by atomic mass is 10.0. The van der Waals surface area contributed by atoms with Gasteiger partial charge in [0, 0.05) is 25.2 Å². The van der Waals surface area contributed by atoms with Crippen molar-refractivity contribution in [2.24, 2.45) is 0 Å². The van der Waals surface area contributed by atoms with Gasteiger partial charge in [0.2, 0.25) is 11.8 Å². The number of carbonyl (C=O) groups is 3. The van der Waals surface area contributed by atoms with Gasteiger partial charge in [-0.3, -0.25) is 14.4 Å². The number of alkyl halides is 6. The minimum atomic E-state index is -5.14. The van der Waals surface area contributed by atoms with Crippen LogP contribution in [0.3, 0.4) is 0 Å². The maximum atomic E-state index is 13.4. The summed E-state index contributed by atoms with van der Waals surface area (Å²) in [6.45, 7) is 0.477. The number of amides is 3. The van der Waals surface area contributed by atoms with E-state index in [1.54, 1.807) is 6.07 Å². The molecule has 1 aliphatic rings. The smallest absolute Gasteiger partial charge is 0.354 e. The van der Waals surface area contributed by atoms with Crippen LogP contribution in [0.5, 0.6) is 0 Å². The van der Waals surface area contributed by atoms with Crippen molar-refractivity contribution in [3.05, 3.63) is 80.8 Å². The Labute approximate surface area is 241 Å². The maximum Gasteiger partial charge on any atom is 0.416 e. The van der Waals surface area contributed by atoms with Gasteiger partial charge in [0.25, 0.3) is 5.91 Å². The number of nitrogens with zero attached hydrogens (tertiary/aromatic N) is 1. The molecule has 222 valence electrons. The molecule has 0 spiro atoms. The summed E-state index contributed by atoms with van der Waals surface area (Å²) in [6.07, 6.45) is -6.14. The second-order valence-electron chi connectivity index (χ2n) is 9.44. The molecule has 0 radical (unpaired) electrons. The van der Waals surface area contributed by atoms with Crippen molar-refractivity contribution in [3.63, 3.8) is 0 Å². The summed E-state index contributed by atoms with van der Waals surface area (Å²) in [5, 5.41) is 5.64. The molecule has 0 aliphatic carbocycles. The van der Waals surface area contributed by atoms with E-state index in [9.17, 15) is 40.7 Å². The predicted molar refractivity (Wildman–Crippen MR) is 140 cm³/mol. The number of halogens is 8. The lowest BCUT2D eigenvalue weighted by Gasteiger charge is -2.27. The molecule has 1 saturated heterocycles. The maximum absolute atomic E-state index is 13.4. The van der Waals surface area contributed by atoms with E-state index in [0.29, 0.717) is 37.1 Å². The third kappa shape index (κ3) is 8.87. The van der Waals surface area contributed by atoms with E-state index in [1.807, 2.05) is 0 Å². The van der Waals surface area contributed by atoms with E-state index in [-0.39, 0.29) is 28.4 Å². The summed E-state index contributed by atoms with van der Waals surface area (Å²) in [5.41, 5.74) is -3.61. The van der Waals surface area contributed by atoms with Crippen molar-refractivity contribution in [1.29, 1.82) is 0 Å². The zero-order valence-corrected chi connectivity index (χ0v) is 23.0. The standard InChI is InChI=1S/C27H25Cl2F6N3O3/c1-38(25(41)16-12-17(26(30,31)32)14-18(13-16)27(33,34)35)19(10-15-5-7-20(28)21(29)11-15)6-8-23(39)37-22-4-2-3-9-36-24(22)40/h5-8,11-14,19,22H,2-4,9-10H2,1H3,(H,36,40)(H,37,39). The number of nitrogens with one attached hydrogen (secondary N) is 2. The van der Waals surface area contributed by atoms with Gasteiger partial charge in [0.15, 0.2) is 0 Å². The summed E-state index contributed by atoms with van der Waals surface area (Å²) < 4.78 is 80.2. The second kappa shape index (κ2) is 13.2. The third-order valence-electron chi connectivity index (χ3n) is 6.40. The molecule has 3 rings (SSSR count). The number of likely N-dealkylation sites (N-methyl/N-ethyl adjacent to an activating group) is 1. The molecule has 0 saturated carbocycles. The first kappa shape index (κ1) is 32.3. The van der Waals surface area contributed by atoms with E-state index >= 15 is 0 Å². The summed E-state index contributed by atoms with van der Waals surface area (Å²) in [5.74, 6) is -2.18. The van der Waals surface area contributed by atoms with Crippen LogP contribution in [-0.4, -0.2) is 48.3 Å². The Balaban J connectivity index is 1.94. The van der Waals surface area contributed by atoms with Crippen LogP contribution in [0.15, 0.2) is 48.6 Å². The Morgan fingerprint density at radius 2 is 1.66 bits per heavy atom. The van der Waals surface area contributed by atoms with Crippen LogP contribution in [0.4, 0.5) is 26.3 Å². The SMILES string of the molecule is CN(C(=O)c1cc(C(F)(F)F)cc(C(F)(F)F)c1)C(C=CC(=O)NC1CCCCNC1=O)Cc1ccc(Cl)c(Cl)c1. The van der Waals surface area contributed by atoms with Crippen LogP contribution in [0.2, 0.25) is 10.0 Å². The minimum Gasteiger partial charge on any atom is -0.354 e. The highest BCUT2D eigenvalue weighted by molar-refractivity contribution is 6.42. The zero-order valence-electron chi connectivity index (χ0n) is 21.5. The second-order valence-corrected chi connectivity index (χ2v) is 10.3. The molecule has 0 bridgehead atoms. The van der Waals surface area contributed by atoms with Gasteiger partial charge in [-0.2, -0.15) is 26.3 Å². The molecule has 3 amide bonds. The van der Waals surface area contributed by atoms with Crippen LogP contribution < -0.4 is 10.6 Å². The predicted octanol–water partition coefficient (Wildman–Crippen LogP) is 6.06. The summed E-state index contributed by atoms with van der Waals surface area (Å²) in [7, 11) is 1.18. The molecular weight excluding hydrogens is 599 g/mol. The number of rotatable bonds is 7. The van der Waals surface area contributed by atoms with E-state index in [1.165, 1.54) is 25.3 Å². The van der Waals surface area contributed by atoms with E-state index in [4.69, 9.17) is 23.2 Å². The van der Waals surface area contributed by atoms with Gasteiger partial charge in [-0.1, -0.05) is 35.3 Å². The fourth-order valence-electron chi connectivity index (χ4n) is 4.17. The molecule has 1 heterocycles. The monoisotopic (exact) mass is 623 g/mol. The molecule has 2 aromatic rings. The molecule has 2 N–H and O–H groups in total. The zero-order chi connectivity index (χ0) is 30.5. The molecule has 14 heteroatoms. The van der Waals surface area contributed by atoms with Gasteiger partial charge in [-0.15, -0.1) is 0 Å². The van der Waals surface area contributed by atoms with Crippen molar-refractivity contribution in [2.45, 2.75) is 50.1 Å². The quantitative estimate of drug-likeness (QED) is 0.291. The molecule has 2 aromatic carbocycles. The Morgan fingerprint density at radius 1 is 1.02 bits per heavy atom. The highest BCUT2D eigenvalue weighted by Gasteiger charge is 2.38. The lowest BCUT2D eigenvalue weighted by molar-refractivity contribution is -0.143. The number of hydrogen-bond acceptors (Lipinski definition) is 3. The largest absolute Gasteiger partial charge is 0.416 e. The number of benzene rings is 2. The van der Waals surface area contributed by atoms with Crippen LogP contribution in [0, 0.1) is 0 Å². The van der Waals surface area contributed by atoms with Gasteiger partial charge in [0.1, 0.15) is 6.04 Å². The van der Waals surface area contributed by atoms with Crippen LogP contribution in [0.25, 0.3) is 0 Å². The average Bonchev–Trinajstić information content (AvgIpc) is 3.10. The van der Waals surface area contributed by atoms with Crippen LogP contribution in [0.1, 0.15) is 46.3 Å². The van der Waals surface area contributed by atoms with E-state index < -0.39 is 52.9 Å². The normalized spacial score (nSPS) is 17.1. The fourth-order valence-corrected chi connectivity index (χ4v) is 4.49. The van der Waals surface area contributed by atoms with Crippen molar-refractivity contribution in [2.75, 3.05) is 13.6 Å². The Bertz CT molecular complexity index is 1300. The first-order chi connectivity index (χ1) is 19.1. The van der Waals surface area contributed by atoms with Gasteiger partial charge in [-0.25, -0.2) is 0 Å². The van der Waals surface area contributed by atoms with Crippen LogP contribution >= 0.6 is 23.2 Å². The summed E-state index contributed by atoms with van der Waals surface area (Å²) >= 11 is 12.0. The molecule has 6 nitrogen and oxygen atoms in total. The molecule has 1 aliphatic heterocycles.